The van der Waals surface area contributed by atoms with Gasteiger partial charge >= 0.3 is 0 Å². The molecule has 27 heavy (non-hydrogen) atoms. The van der Waals surface area contributed by atoms with Crippen LogP contribution in [0.2, 0.25) is 0 Å². The Labute approximate surface area is 159 Å². The van der Waals surface area contributed by atoms with Gasteiger partial charge in [-0.1, -0.05) is 16.8 Å². The van der Waals surface area contributed by atoms with Gasteiger partial charge in [0.05, 0.1) is 23.3 Å². The zero-order valence-corrected chi connectivity index (χ0v) is 16.4. The van der Waals surface area contributed by atoms with Crippen molar-refractivity contribution in [1.29, 1.82) is 0 Å². The highest BCUT2D eigenvalue weighted by atomic mass is 16.5. The molecule has 1 aromatic carbocycles. The number of benzene rings is 1. The Morgan fingerprint density at radius 2 is 1.96 bits per heavy atom. The summed E-state index contributed by atoms with van der Waals surface area (Å²) in [6.45, 7) is 6.35. The summed E-state index contributed by atoms with van der Waals surface area (Å²) in [5, 5.41) is 4.97. The molecule has 0 spiro atoms. The van der Waals surface area contributed by atoms with Gasteiger partial charge in [-0.25, -0.2) is 0 Å². The first-order valence-corrected chi connectivity index (χ1v) is 9.55. The van der Waals surface area contributed by atoms with E-state index in [0.717, 1.165) is 76.0 Å². The molecule has 4 rings (SSSR count). The monoisotopic (exact) mass is 363 g/mol. The van der Waals surface area contributed by atoms with E-state index in [9.17, 15) is 4.79 Å². The van der Waals surface area contributed by atoms with E-state index in [1.807, 2.05) is 27.0 Å². The molecule has 5 heteroatoms. The number of pyridine rings is 1. The van der Waals surface area contributed by atoms with Crippen molar-refractivity contribution in [3.8, 4) is 0 Å². The van der Waals surface area contributed by atoms with Crippen LogP contribution in [-0.4, -0.2) is 28.0 Å². The van der Waals surface area contributed by atoms with Crippen LogP contribution < -0.4 is 0 Å². The van der Waals surface area contributed by atoms with Gasteiger partial charge in [0.1, 0.15) is 5.76 Å². The molecular formula is C22H25N3O2. The van der Waals surface area contributed by atoms with Crippen molar-refractivity contribution >= 4 is 16.8 Å². The van der Waals surface area contributed by atoms with E-state index in [1.165, 1.54) is 0 Å². The van der Waals surface area contributed by atoms with Crippen LogP contribution >= 0.6 is 0 Å². The maximum atomic E-state index is 13.5. The molecule has 5 nitrogen and oxygen atoms in total. The fourth-order valence-electron chi connectivity index (χ4n) is 4.01. The molecule has 0 N–H and O–H groups in total. The summed E-state index contributed by atoms with van der Waals surface area (Å²) in [5.41, 5.74) is 6.92. The highest BCUT2D eigenvalue weighted by Gasteiger charge is 2.25. The maximum absolute atomic E-state index is 13.5. The first-order chi connectivity index (χ1) is 13.0. The number of carbonyl (C=O) groups excluding carboxylic acids is 1. The lowest BCUT2D eigenvalue weighted by Gasteiger charge is -2.24. The average molecular weight is 363 g/mol. The van der Waals surface area contributed by atoms with Gasteiger partial charge in [0, 0.05) is 23.7 Å². The van der Waals surface area contributed by atoms with Crippen molar-refractivity contribution in [2.45, 2.75) is 53.0 Å². The third-order valence-corrected chi connectivity index (χ3v) is 5.55. The minimum atomic E-state index is 0.0474. The van der Waals surface area contributed by atoms with Gasteiger partial charge in [0.15, 0.2) is 0 Å². The van der Waals surface area contributed by atoms with Crippen molar-refractivity contribution in [3.63, 3.8) is 0 Å². The summed E-state index contributed by atoms with van der Waals surface area (Å²) < 4.78 is 5.26. The number of aryl methyl sites for hydroxylation is 4. The normalized spacial score (nSPS) is 13.6. The van der Waals surface area contributed by atoms with Crippen LogP contribution in [0.25, 0.3) is 10.9 Å². The van der Waals surface area contributed by atoms with Crippen molar-refractivity contribution < 1.29 is 9.32 Å². The van der Waals surface area contributed by atoms with Crippen LogP contribution in [0, 0.1) is 20.8 Å². The lowest BCUT2D eigenvalue weighted by Crippen LogP contribution is -2.29. The van der Waals surface area contributed by atoms with E-state index in [0.29, 0.717) is 6.54 Å². The predicted molar refractivity (Wildman–Crippen MR) is 105 cm³/mol. The van der Waals surface area contributed by atoms with Crippen LogP contribution in [-0.2, 0) is 19.4 Å². The van der Waals surface area contributed by atoms with Crippen molar-refractivity contribution in [2.75, 3.05) is 7.05 Å². The highest BCUT2D eigenvalue weighted by Crippen LogP contribution is 2.31. The molecule has 0 fully saturated rings. The van der Waals surface area contributed by atoms with E-state index >= 15 is 0 Å². The lowest BCUT2D eigenvalue weighted by atomic mass is 9.89. The minimum absolute atomic E-state index is 0.0474. The number of carbonyl (C=O) groups is 1. The fraction of sp³-hybridized carbons (Fsp3) is 0.409. The number of rotatable bonds is 3. The van der Waals surface area contributed by atoms with Crippen molar-refractivity contribution in [1.82, 2.24) is 15.0 Å². The molecule has 0 atom stereocenters. The summed E-state index contributed by atoms with van der Waals surface area (Å²) in [4.78, 5) is 20.2. The first kappa shape index (κ1) is 17.7. The standard InChI is InChI=1S/C22H25N3O2/c1-13-9-10-20-17(11-13)21(16-7-5-6-8-19(16)23-20)22(26)25(4)12-18-14(2)24-27-15(18)3/h9-11H,5-8,12H2,1-4H3. The number of fused-ring (bicyclic) bond motifs is 2. The molecule has 1 aliphatic rings. The molecule has 2 aromatic heterocycles. The van der Waals surface area contributed by atoms with Crippen LogP contribution in [0.15, 0.2) is 22.7 Å². The van der Waals surface area contributed by atoms with Gasteiger partial charge in [0.25, 0.3) is 5.91 Å². The quantitative estimate of drug-likeness (QED) is 0.696. The Balaban J connectivity index is 1.81. The molecular weight excluding hydrogens is 338 g/mol. The molecule has 0 radical (unpaired) electrons. The molecule has 140 valence electrons. The second-order valence-corrected chi connectivity index (χ2v) is 7.60. The van der Waals surface area contributed by atoms with Crippen LogP contribution in [0.4, 0.5) is 0 Å². The average Bonchev–Trinajstić information content (AvgIpc) is 2.97. The predicted octanol–water partition coefficient (Wildman–Crippen LogP) is 4.30. The molecule has 0 aliphatic heterocycles. The number of hydrogen-bond acceptors (Lipinski definition) is 4. The highest BCUT2D eigenvalue weighted by molar-refractivity contribution is 6.07. The van der Waals surface area contributed by atoms with Gasteiger partial charge in [0.2, 0.25) is 0 Å². The molecule has 0 saturated carbocycles. The van der Waals surface area contributed by atoms with E-state index in [-0.39, 0.29) is 5.91 Å². The summed E-state index contributed by atoms with van der Waals surface area (Å²) in [5.74, 6) is 0.816. The molecule has 1 aliphatic carbocycles. The van der Waals surface area contributed by atoms with Gasteiger partial charge in [-0.05, 0) is 64.2 Å². The first-order valence-electron chi connectivity index (χ1n) is 9.55. The Morgan fingerprint density at radius 1 is 1.19 bits per heavy atom. The van der Waals surface area contributed by atoms with Crippen molar-refractivity contribution in [3.05, 3.63) is 57.6 Å². The van der Waals surface area contributed by atoms with E-state index in [4.69, 9.17) is 9.51 Å². The lowest BCUT2D eigenvalue weighted by molar-refractivity contribution is 0.0785. The smallest absolute Gasteiger partial charge is 0.254 e. The van der Waals surface area contributed by atoms with Gasteiger partial charge in [-0.3, -0.25) is 9.78 Å². The molecule has 0 saturated heterocycles. The Hall–Kier alpha value is -2.69. The third-order valence-electron chi connectivity index (χ3n) is 5.55. The number of aromatic nitrogens is 2. The van der Waals surface area contributed by atoms with E-state index in [2.05, 4.69) is 24.2 Å². The number of hydrogen-bond donors (Lipinski definition) is 0. The van der Waals surface area contributed by atoms with E-state index in [1.54, 1.807) is 4.90 Å². The molecule has 1 amide bonds. The van der Waals surface area contributed by atoms with Gasteiger partial charge < -0.3 is 9.42 Å². The van der Waals surface area contributed by atoms with Gasteiger partial charge in [-0.2, -0.15) is 0 Å². The summed E-state index contributed by atoms with van der Waals surface area (Å²) in [6, 6.07) is 6.19. The SMILES string of the molecule is Cc1ccc2nc3c(c(C(=O)N(C)Cc4c(C)noc4C)c2c1)CCCC3. The fourth-order valence-corrected chi connectivity index (χ4v) is 4.01. The second kappa shape index (κ2) is 6.80. The molecule has 2 heterocycles. The second-order valence-electron chi connectivity index (χ2n) is 7.60. The van der Waals surface area contributed by atoms with Gasteiger partial charge in [-0.15, -0.1) is 0 Å². The zero-order chi connectivity index (χ0) is 19.1. The largest absolute Gasteiger partial charge is 0.361 e. The number of nitrogens with zero attached hydrogens (tertiary/aromatic N) is 3. The Bertz CT molecular complexity index is 1020. The minimum Gasteiger partial charge on any atom is -0.361 e. The zero-order valence-electron chi connectivity index (χ0n) is 16.4. The van der Waals surface area contributed by atoms with Crippen LogP contribution in [0.3, 0.4) is 0 Å². The third kappa shape index (κ3) is 3.11. The Morgan fingerprint density at radius 3 is 2.70 bits per heavy atom. The van der Waals surface area contributed by atoms with E-state index < -0.39 is 0 Å². The van der Waals surface area contributed by atoms with Crippen LogP contribution in [0.5, 0.6) is 0 Å². The topological polar surface area (TPSA) is 59.2 Å². The Kier molecular flexibility index (Phi) is 4.46. The summed E-state index contributed by atoms with van der Waals surface area (Å²) in [6.07, 6.45) is 4.12. The molecule has 0 bridgehead atoms. The number of amides is 1. The molecule has 0 unspecified atom stereocenters. The maximum Gasteiger partial charge on any atom is 0.254 e. The molecule has 3 aromatic rings. The summed E-state index contributed by atoms with van der Waals surface area (Å²) in [7, 11) is 1.85. The summed E-state index contributed by atoms with van der Waals surface area (Å²) >= 11 is 0. The van der Waals surface area contributed by atoms with Crippen LogP contribution in [0.1, 0.15) is 57.0 Å². The van der Waals surface area contributed by atoms with Crippen molar-refractivity contribution in [2.24, 2.45) is 0 Å².